The first-order valence-electron chi connectivity index (χ1n) is 10.6. The van der Waals surface area contributed by atoms with Crippen molar-refractivity contribution >= 4 is 34.2 Å². The lowest BCUT2D eigenvalue weighted by atomic mass is 9.89. The summed E-state index contributed by atoms with van der Waals surface area (Å²) in [5.74, 6) is -1.36. The molecule has 0 unspecified atom stereocenters. The van der Waals surface area contributed by atoms with Gasteiger partial charge in [-0.25, -0.2) is 12.7 Å². The van der Waals surface area contributed by atoms with Crippen molar-refractivity contribution in [2.75, 3.05) is 12.8 Å². The Morgan fingerprint density at radius 1 is 1.06 bits per heavy atom. The Kier molecular flexibility index (Phi) is 7.19. The van der Waals surface area contributed by atoms with E-state index in [4.69, 9.17) is 0 Å². The van der Waals surface area contributed by atoms with Gasteiger partial charge in [0, 0.05) is 31.1 Å². The van der Waals surface area contributed by atoms with Gasteiger partial charge in [0.25, 0.3) is 5.91 Å². The highest BCUT2D eigenvalue weighted by molar-refractivity contribution is 7.89. The predicted molar refractivity (Wildman–Crippen MR) is 130 cm³/mol. The Balaban J connectivity index is 0.00000306. The van der Waals surface area contributed by atoms with Crippen LogP contribution < -0.4 is 0 Å². The molecule has 0 aliphatic carbocycles. The summed E-state index contributed by atoms with van der Waals surface area (Å²) < 4.78 is 25.4. The molecule has 0 spiro atoms. The van der Waals surface area contributed by atoms with Crippen molar-refractivity contribution in [2.45, 2.75) is 26.4 Å². The van der Waals surface area contributed by atoms with Gasteiger partial charge in [-0.2, -0.15) is 0 Å². The minimum Gasteiger partial charge on any atom is -0.350 e. The minimum absolute atomic E-state index is 0. The Hall–Kier alpha value is -2.84. The number of allylic oxidation sites excluding steroid dienone is 4. The molecule has 0 aromatic heterocycles. The number of nitrogens with zero attached hydrogens (tertiary/aromatic N) is 3. The third-order valence-electron chi connectivity index (χ3n) is 5.96. The average Bonchev–Trinajstić information content (AvgIpc) is 3.13. The Labute approximate surface area is 201 Å². The number of halogens is 1. The normalized spacial score (nSPS) is 21.9. The zero-order chi connectivity index (χ0) is 23.0. The van der Waals surface area contributed by atoms with Gasteiger partial charge in [-0.3, -0.25) is 9.59 Å². The molecular weight excluding hydrogens is 462 g/mol. The second-order valence-electron chi connectivity index (χ2n) is 8.60. The number of benzene rings is 1. The van der Waals surface area contributed by atoms with Gasteiger partial charge in [0.15, 0.2) is 0 Å². The van der Waals surface area contributed by atoms with E-state index < -0.39 is 27.9 Å². The van der Waals surface area contributed by atoms with Crippen molar-refractivity contribution in [1.29, 1.82) is 0 Å². The second kappa shape index (κ2) is 9.57. The number of sulfonamides is 1. The van der Waals surface area contributed by atoms with E-state index in [-0.39, 0.29) is 30.8 Å². The molecule has 0 N–H and O–H groups in total. The fourth-order valence-corrected chi connectivity index (χ4v) is 5.53. The molecule has 1 aromatic rings. The van der Waals surface area contributed by atoms with Crippen molar-refractivity contribution in [1.82, 2.24) is 14.1 Å². The number of carbonyl (C=O) groups excluding carboxylic acids is 2. The van der Waals surface area contributed by atoms with Gasteiger partial charge in [0.05, 0.1) is 23.9 Å². The van der Waals surface area contributed by atoms with Gasteiger partial charge in [-0.15, -0.1) is 12.4 Å². The summed E-state index contributed by atoms with van der Waals surface area (Å²) in [4.78, 5) is 29.9. The summed E-state index contributed by atoms with van der Waals surface area (Å²) in [6, 6.07) is 6.84. The third kappa shape index (κ3) is 4.77. The maximum Gasteiger partial charge on any atom is 0.254 e. The van der Waals surface area contributed by atoms with Crippen molar-refractivity contribution < 1.29 is 18.0 Å². The molecule has 2 amide bonds. The molecular formula is C24H28ClN3O4S. The monoisotopic (exact) mass is 489 g/mol. The summed E-state index contributed by atoms with van der Waals surface area (Å²) in [7, 11) is -3.75. The molecule has 7 nitrogen and oxygen atoms in total. The van der Waals surface area contributed by atoms with Crippen LogP contribution in [0.4, 0.5) is 0 Å². The van der Waals surface area contributed by atoms with Crippen molar-refractivity contribution in [3.05, 3.63) is 83.9 Å². The number of carbonyl (C=O) groups is 2. The van der Waals surface area contributed by atoms with Crippen LogP contribution in [0.15, 0.2) is 72.7 Å². The Bertz CT molecular complexity index is 1140. The zero-order valence-electron chi connectivity index (χ0n) is 18.8. The van der Waals surface area contributed by atoms with Crippen LogP contribution >= 0.6 is 12.4 Å². The minimum atomic E-state index is -3.75. The van der Waals surface area contributed by atoms with E-state index in [1.807, 2.05) is 67.6 Å². The van der Waals surface area contributed by atoms with Crippen LogP contribution in [-0.4, -0.2) is 53.2 Å². The zero-order valence-corrected chi connectivity index (χ0v) is 20.4. The van der Waals surface area contributed by atoms with Crippen LogP contribution in [0.25, 0.3) is 0 Å². The van der Waals surface area contributed by atoms with E-state index in [0.29, 0.717) is 17.8 Å². The van der Waals surface area contributed by atoms with Crippen LogP contribution in [0, 0.1) is 11.8 Å². The summed E-state index contributed by atoms with van der Waals surface area (Å²) >= 11 is 0. The standard InChI is InChI=1S/C24H27N3O4S.ClH/c1-17(2)21-22-20(27(24(21)29)32(3,30)31)12-15-26(22)23(28)19-10-8-18(9-11-19)16-25-13-6-4-5-7-14-25;/h4-14,17,21-22H,15-16H2,1-3H3;1H/t21-,22+;/m1./s1. The van der Waals surface area contributed by atoms with Crippen LogP contribution in [0.1, 0.15) is 29.8 Å². The highest BCUT2D eigenvalue weighted by Gasteiger charge is 2.54. The average molecular weight is 490 g/mol. The molecule has 176 valence electrons. The lowest BCUT2D eigenvalue weighted by molar-refractivity contribution is -0.128. The molecule has 1 fully saturated rings. The van der Waals surface area contributed by atoms with Gasteiger partial charge in [-0.05, 0) is 41.8 Å². The van der Waals surface area contributed by atoms with Crippen LogP contribution in [0.3, 0.4) is 0 Å². The fraction of sp³-hybridized carbons (Fsp3) is 0.333. The lowest BCUT2D eigenvalue weighted by Gasteiger charge is -2.29. The number of rotatable bonds is 5. The first kappa shape index (κ1) is 24.8. The van der Waals surface area contributed by atoms with Gasteiger partial charge < -0.3 is 9.80 Å². The van der Waals surface area contributed by atoms with E-state index in [1.165, 1.54) is 0 Å². The quantitative estimate of drug-likeness (QED) is 0.634. The number of fused-ring (bicyclic) bond motifs is 1. The molecule has 9 heteroatoms. The van der Waals surface area contributed by atoms with Crippen molar-refractivity contribution in [3.63, 3.8) is 0 Å². The third-order valence-corrected chi connectivity index (χ3v) is 7.02. The molecule has 3 aliphatic rings. The smallest absolute Gasteiger partial charge is 0.254 e. The van der Waals surface area contributed by atoms with Gasteiger partial charge in [-0.1, -0.05) is 38.1 Å². The molecule has 0 bridgehead atoms. The molecule has 1 saturated heterocycles. The largest absolute Gasteiger partial charge is 0.350 e. The van der Waals surface area contributed by atoms with Crippen molar-refractivity contribution in [3.8, 4) is 0 Å². The first-order valence-corrected chi connectivity index (χ1v) is 12.4. The molecule has 1 aromatic carbocycles. The van der Waals surface area contributed by atoms with E-state index in [9.17, 15) is 18.0 Å². The van der Waals surface area contributed by atoms with Crippen LogP contribution in [-0.2, 0) is 21.4 Å². The number of hydrogen-bond acceptors (Lipinski definition) is 5. The highest BCUT2D eigenvalue weighted by Crippen LogP contribution is 2.41. The molecule has 0 saturated carbocycles. The molecule has 3 aliphatic heterocycles. The van der Waals surface area contributed by atoms with Crippen LogP contribution in [0.5, 0.6) is 0 Å². The molecule has 4 rings (SSSR count). The van der Waals surface area contributed by atoms with E-state index in [0.717, 1.165) is 16.1 Å². The Morgan fingerprint density at radius 2 is 1.67 bits per heavy atom. The summed E-state index contributed by atoms with van der Waals surface area (Å²) in [6.45, 7) is 4.71. The first-order chi connectivity index (χ1) is 15.2. The number of amides is 2. The maximum atomic E-state index is 13.3. The molecule has 3 heterocycles. The lowest BCUT2D eigenvalue weighted by Crippen LogP contribution is -2.42. The maximum absolute atomic E-state index is 13.3. The summed E-state index contributed by atoms with van der Waals surface area (Å²) in [6.07, 6.45) is 14.5. The summed E-state index contributed by atoms with van der Waals surface area (Å²) in [5, 5.41) is 0. The molecule has 0 radical (unpaired) electrons. The van der Waals surface area contributed by atoms with E-state index in [1.54, 1.807) is 23.1 Å². The second-order valence-corrected chi connectivity index (χ2v) is 10.4. The van der Waals surface area contributed by atoms with E-state index >= 15 is 0 Å². The Morgan fingerprint density at radius 3 is 2.21 bits per heavy atom. The topological polar surface area (TPSA) is 78.0 Å². The van der Waals surface area contributed by atoms with Gasteiger partial charge in [0.2, 0.25) is 15.9 Å². The molecule has 2 atom stereocenters. The van der Waals surface area contributed by atoms with Crippen molar-refractivity contribution in [2.24, 2.45) is 11.8 Å². The van der Waals surface area contributed by atoms with Crippen LogP contribution in [0.2, 0.25) is 0 Å². The SMILES string of the molecule is CC(C)[C@H]1C(=O)N(S(C)(=O)=O)C2=CCN(C(=O)c3ccc(CN4C=CC=CC=C4)cc3)[C@@H]21.Cl. The van der Waals surface area contributed by atoms with Gasteiger partial charge in [0.1, 0.15) is 0 Å². The van der Waals surface area contributed by atoms with E-state index in [2.05, 4.69) is 0 Å². The fourth-order valence-electron chi connectivity index (χ4n) is 4.51. The summed E-state index contributed by atoms with van der Waals surface area (Å²) in [5.41, 5.74) is 1.96. The number of hydrogen-bond donors (Lipinski definition) is 0. The van der Waals surface area contributed by atoms with Gasteiger partial charge >= 0.3 is 0 Å². The predicted octanol–water partition coefficient (Wildman–Crippen LogP) is 3.29. The highest BCUT2D eigenvalue weighted by atomic mass is 35.5. The molecule has 33 heavy (non-hydrogen) atoms.